The van der Waals surface area contributed by atoms with E-state index in [1.165, 1.54) is 23.5 Å². The van der Waals surface area contributed by atoms with Gasteiger partial charge in [0, 0.05) is 50.1 Å². The molecule has 0 aliphatic carbocycles. The molecule has 6 nitrogen and oxygen atoms in total. The number of thiazole rings is 1. The van der Waals surface area contributed by atoms with Crippen molar-refractivity contribution in [1.82, 2.24) is 19.9 Å². The van der Waals surface area contributed by atoms with Gasteiger partial charge in [-0.25, -0.2) is 18.7 Å². The summed E-state index contributed by atoms with van der Waals surface area (Å²) in [5.41, 5.74) is 3.22. The van der Waals surface area contributed by atoms with E-state index in [0.717, 1.165) is 28.9 Å². The summed E-state index contributed by atoms with van der Waals surface area (Å²) in [5, 5.41) is 0.748. The van der Waals surface area contributed by atoms with Crippen LogP contribution in [0.3, 0.4) is 0 Å². The topological polar surface area (TPSA) is 64.0 Å². The van der Waals surface area contributed by atoms with Crippen LogP contribution in [-0.4, -0.2) is 40.6 Å². The van der Waals surface area contributed by atoms with Gasteiger partial charge in [0.25, 0.3) is 0 Å². The Hall–Kier alpha value is -3.04. The summed E-state index contributed by atoms with van der Waals surface area (Å²) in [6, 6.07) is 7.55. The smallest absolute Gasteiger partial charge is 0.187 e. The zero-order chi connectivity index (χ0) is 23.1. The van der Waals surface area contributed by atoms with Gasteiger partial charge < -0.3 is 9.64 Å². The zero-order valence-corrected chi connectivity index (χ0v) is 19.4. The molecule has 9 heteroatoms. The summed E-state index contributed by atoms with van der Waals surface area (Å²) < 4.78 is 35.1. The summed E-state index contributed by atoms with van der Waals surface area (Å²) in [5.74, 6) is -0.651. The van der Waals surface area contributed by atoms with Gasteiger partial charge in [-0.2, -0.15) is 4.98 Å². The number of hydrogen-bond donors (Lipinski definition) is 0. The van der Waals surface area contributed by atoms with Crippen LogP contribution in [0.2, 0.25) is 0 Å². The van der Waals surface area contributed by atoms with Gasteiger partial charge in [-0.15, -0.1) is 0 Å². The van der Waals surface area contributed by atoms with Gasteiger partial charge in [-0.05, 0) is 49.6 Å². The Balaban J connectivity index is 1.59. The number of aryl methyl sites for hydroxylation is 1. The predicted molar refractivity (Wildman–Crippen MR) is 125 cm³/mol. The number of fused-ring (bicyclic) bond motifs is 1. The fourth-order valence-corrected chi connectivity index (χ4v) is 5.03. The highest BCUT2D eigenvalue weighted by Crippen LogP contribution is 2.40. The molecule has 33 heavy (non-hydrogen) atoms. The molecular formula is C24H23F2N5OS. The Morgan fingerprint density at radius 3 is 2.70 bits per heavy atom. The SMILES string of the molecule is Cc1cc([C@H]2C[C@H](c3nc(-c4ccc(F)cc4F)c4sc(N(C)C)nc4n3)CCO2)ccn1. The van der Waals surface area contributed by atoms with Crippen LogP contribution in [-0.2, 0) is 4.74 Å². The van der Waals surface area contributed by atoms with Gasteiger partial charge >= 0.3 is 0 Å². The molecule has 1 aliphatic heterocycles. The number of hydrogen-bond acceptors (Lipinski definition) is 7. The summed E-state index contributed by atoms with van der Waals surface area (Å²) in [6.45, 7) is 2.52. The molecule has 0 amide bonds. The second kappa shape index (κ2) is 8.72. The molecule has 4 aromatic rings. The summed E-state index contributed by atoms with van der Waals surface area (Å²) >= 11 is 1.39. The molecule has 0 bridgehead atoms. The van der Waals surface area contributed by atoms with Crippen molar-refractivity contribution in [1.29, 1.82) is 0 Å². The Bertz CT molecular complexity index is 1330. The third kappa shape index (κ3) is 4.30. The van der Waals surface area contributed by atoms with Gasteiger partial charge in [-0.3, -0.25) is 4.98 Å². The third-order valence-electron chi connectivity index (χ3n) is 5.77. The second-order valence-electron chi connectivity index (χ2n) is 8.41. The highest BCUT2D eigenvalue weighted by molar-refractivity contribution is 7.22. The Morgan fingerprint density at radius 2 is 1.94 bits per heavy atom. The second-order valence-corrected chi connectivity index (χ2v) is 9.39. The number of benzene rings is 1. The van der Waals surface area contributed by atoms with E-state index in [1.54, 1.807) is 6.20 Å². The van der Waals surface area contributed by atoms with Crippen LogP contribution in [0.25, 0.3) is 21.6 Å². The minimum atomic E-state index is -0.655. The number of nitrogens with zero attached hydrogens (tertiary/aromatic N) is 5. The van der Waals surface area contributed by atoms with E-state index in [4.69, 9.17) is 14.7 Å². The van der Waals surface area contributed by atoms with Gasteiger partial charge in [-0.1, -0.05) is 11.3 Å². The van der Waals surface area contributed by atoms with Crippen LogP contribution in [0.15, 0.2) is 36.5 Å². The molecule has 0 N–H and O–H groups in total. The maximum atomic E-state index is 14.8. The van der Waals surface area contributed by atoms with Crippen molar-refractivity contribution in [2.75, 3.05) is 25.6 Å². The molecule has 0 unspecified atom stereocenters. The van der Waals surface area contributed by atoms with Crippen LogP contribution in [0.4, 0.5) is 13.9 Å². The Labute approximate surface area is 194 Å². The normalized spacial score (nSPS) is 18.6. The van der Waals surface area contributed by atoms with E-state index in [2.05, 4.69) is 9.97 Å². The van der Waals surface area contributed by atoms with Gasteiger partial charge in [0.2, 0.25) is 0 Å². The van der Waals surface area contributed by atoms with Crippen LogP contribution in [0.1, 0.15) is 41.9 Å². The number of anilines is 1. The summed E-state index contributed by atoms with van der Waals surface area (Å²) in [7, 11) is 3.79. The first-order valence-electron chi connectivity index (χ1n) is 10.7. The Kier molecular flexibility index (Phi) is 5.76. The van der Waals surface area contributed by atoms with E-state index >= 15 is 0 Å². The van der Waals surface area contributed by atoms with Crippen molar-refractivity contribution in [2.24, 2.45) is 0 Å². The molecule has 0 radical (unpaired) electrons. The van der Waals surface area contributed by atoms with Crippen molar-refractivity contribution in [3.8, 4) is 11.3 Å². The third-order valence-corrected chi connectivity index (χ3v) is 6.99. The largest absolute Gasteiger partial charge is 0.373 e. The summed E-state index contributed by atoms with van der Waals surface area (Å²) in [4.78, 5) is 20.4. The van der Waals surface area contributed by atoms with Gasteiger partial charge in [0.1, 0.15) is 22.2 Å². The number of rotatable bonds is 4. The molecule has 1 saturated heterocycles. The molecule has 5 rings (SSSR count). The van der Waals surface area contributed by atoms with Crippen molar-refractivity contribution in [2.45, 2.75) is 31.8 Å². The highest BCUT2D eigenvalue weighted by atomic mass is 32.1. The maximum Gasteiger partial charge on any atom is 0.187 e. The molecule has 1 aromatic carbocycles. The zero-order valence-electron chi connectivity index (χ0n) is 18.5. The van der Waals surface area contributed by atoms with E-state index in [1.807, 2.05) is 38.1 Å². The van der Waals surface area contributed by atoms with Crippen molar-refractivity contribution in [3.05, 3.63) is 65.2 Å². The minimum absolute atomic E-state index is 0.0217. The maximum absolute atomic E-state index is 14.8. The summed E-state index contributed by atoms with van der Waals surface area (Å²) in [6.07, 6.45) is 3.14. The van der Waals surface area contributed by atoms with Crippen LogP contribution in [0.5, 0.6) is 0 Å². The molecule has 0 spiro atoms. The van der Waals surface area contributed by atoms with E-state index in [0.29, 0.717) is 34.9 Å². The van der Waals surface area contributed by atoms with E-state index in [9.17, 15) is 8.78 Å². The average molecular weight is 468 g/mol. The van der Waals surface area contributed by atoms with Crippen molar-refractivity contribution < 1.29 is 13.5 Å². The fourth-order valence-electron chi connectivity index (χ4n) is 4.10. The van der Waals surface area contributed by atoms with Crippen LogP contribution in [0, 0.1) is 18.6 Å². The van der Waals surface area contributed by atoms with E-state index in [-0.39, 0.29) is 17.6 Å². The van der Waals surface area contributed by atoms with Crippen LogP contribution < -0.4 is 4.90 Å². The van der Waals surface area contributed by atoms with E-state index < -0.39 is 11.6 Å². The molecular weight excluding hydrogens is 444 g/mol. The quantitative estimate of drug-likeness (QED) is 0.398. The minimum Gasteiger partial charge on any atom is -0.373 e. The lowest BCUT2D eigenvalue weighted by Crippen LogP contribution is -2.20. The molecule has 0 saturated carbocycles. The number of aromatic nitrogens is 4. The lowest BCUT2D eigenvalue weighted by Gasteiger charge is -2.29. The van der Waals surface area contributed by atoms with Crippen molar-refractivity contribution >= 4 is 26.8 Å². The lowest BCUT2D eigenvalue weighted by atomic mass is 9.91. The molecule has 2 atom stereocenters. The first-order chi connectivity index (χ1) is 15.9. The average Bonchev–Trinajstić information content (AvgIpc) is 3.24. The highest BCUT2D eigenvalue weighted by Gasteiger charge is 2.29. The molecule has 4 heterocycles. The molecule has 170 valence electrons. The lowest BCUT2D eigenvalue weighted by molar-refractivity contribution is 0.00394. The molecule has 1 fully saturated rings. The van der Waals surface area contributed by atoms with Crippen molar-refractivity contribution in [3.63, 3.8) is 0 Å². The standard InChI is InChI=1S/C24H23F2N5OS/c1-13-10-14(6-8-27-13)19-11-15(7-9-32-19)22-28-20(17-5-4-16(25)12-18(17)26)21-23(29-22)30-24(33-21)31(2)3/h4-6,8,10,12,15,19H,7,9,11H2,1-3H3/t15-,19-/m1/s1. The molecule has 3 aromatic heterocycles. The first kappa shape index (κ1) is 21.8. The van der Waals surface area contributed by atoms with Crippen LogP contribution >= 0.6 is 11.3 Å². The molecule has 1 aliphatic rings. The Morgan fingerprint density at radius 1 is 1.09 bits per heavy atom. The van der Waals surface area contributed by atoms with Gasteiger partial charge in [0.05, 0.1) is 11.8 Å². The van der Waals surface area contributed by atoms with Gasteiger partial charge in [0.15, 0.2) is 10.8 Å². The number of pyridine rings is 1. The first-order valence-corrected chi connectivity index (χ1v) is 11.6. The predicted octanol–water partition coefficient (Wildman–Crippen LogP) is 5.44. The number of halogens is 2. The number of ether oxygens (including phenoxy) is 1. The fraction of sp³-hybridized carbons (Fsp3) is 0.333. The monoisotopic (exact) mass is 467 g/mol.